The van der Waals surface area contributed by atoms with Crippen LogP contribution in [0.3, 0.4) is 0 Å². The third-order valence-electron chi connectivity index (χ3n) is 2.49. The molecule has 0 aliphatic carbocycles. The summed E-state index contributed by atoms with van der Waals surface area (Å²) >= 11 is 0. The van der Waals surface area contributed by atoms with Crippen molar-refractivity contribution in [2.24, 2.45) is 5.73 Å². The van der Waals surface area contributed by atoms with Gasteiger partial charge in [0, 0.05) is 23.8 Å². The molecule has 0 saturated carbocycles. The maximum Gasteiger partial charge on any atom is 0.226 e. The summed E-state index contributed by atoms with van der Waals surface area (Å²) in [5.41, 5.74) is 5.61. The zero-order valence-electron chi connectivity index (χ0n) is 10.3. The van der Waals surface area contributed by atoms with Crippen molar-refractivity contribution in [3.63, 3.8) is 0 Å². The fourth-order valence-corrected chi connectivity index (χ4v) is 1.03. The van der Waals surface area contributed by atoms with Gasteiger partial charge in [-0.3, -0.25) is 0 Å². The van der Waals surface area contributed by atoms with Crippen molar-refractivity contribution in [1.82, 2.24) is 9.97 Å². The molecule has 0 fully saturated rings. The molecule has 0 aliphatic heterocycles. The van der Waals surface area contributed by atoms with E-state index in [0.717, 1.165) is 0 Å². The van der Waals surface area contributed by atoms with Gasteiger partial charge in [-0.15, -0.1) is 0 Å². The van der Waals surface area contributed by atoms with E-state index in [1.165, 1.54) is 0 Å². The number of rotatable bonds is 5. The van der Waals surface area contributed by atoms with E-state index in [0.29, 0.717) is 18.4 Å². The Labute approximate surface area is 96.4 Å². The lowest BCUT2D eigenvalue weighted by Gasteiger charge is -2.30. The van der Waals surface area contributed by atoms with E-state index >= 15 is 0 Å². The summed E-state index contributed by atoms with van der Waals surface area (Å²) in [5.74, 6) is 1.11. The summed E-state index contributed by atoms with van der Waals surface area (Å²) in [7, 11) is 0. The average Bonchev–Trinajstić information content (AvgIpc) is 2.17. The van der Waals surface area contributed by atoms with Gasteiger partial charge in [0.25, 0.3) is 0 Å². The molecule has 5 heteroatoms. The predicted molar refractivity (Wildman–Crippen MR) is 64.6 cm³/mol. The lowest BCUT2D eigenvalue weighted by Crippen LogP contribution is -2.47. The van der Waals surface area contributed by atoms with Crippen molar-refractivity contribution in [3.8, 4) is 5.88 Å². The van der Waals surface area contributed by atoms with Crippen LogP contribution in [0.5, 0.6) is 5.88 Å². The van der Waals surface area contributed by atoms with Crippen LogP contribution in [0.2, 0.25) is 0 Å². The molecule has 1 atom stereocenters. The third-order valence-corrected chi connectivity index (χ3v) is 2.49. The van der Waals surface area contributed by atoms with Crippen LogP contribution in [0.4, 0.5) is 5.95 Å². The molecule has 0 spiro atoms. The summed E-state index contributed by atoms with van der Waals surface area (Å²) in [4.78, 5) is 8.36. The topological polar surface area (TPSA) is 73.1 Å². The van der Waals surface area contributed by atoms with Crippen molar-refractivity contribution in [2.75, 3.05) is 11.9 Å². The van der Waals surface area contributed by atoms with Crippen molar-refractivity contribution >= 4 is 5.95 Å². The van der Waals surface area contributed by atoms with Crippen LogP contribution in [0.1, 0.15) is 27.7 Å². The quantitative estimate of drug-likeness (QED) is 0.791. The number of anilines is 1. The molecule has 0 aromatic carbocycles. The van der Waals surface area contributed by atoms with Crippen LogP contribution in [-0.2, 0) is 0 Å². The highest BCUT2D eigenvalue weighted by Crippen LogP contribution is 2.15. The minimum absolute atomic E-state index is 0.00755. The first-order valence-corrected chi connectivity index (χ1v) is 5.45. The second kappa shape index (κ2) is 5.12. The summed E-state index contributed by atoms with van der Waals surface area (Å²) in [6.45, 7) is 8.47. The van der Waals surface area contributed by atoms with Gasteiger partial charge in [-0.25, -0.2) is 4.98 Å². The average molecular weight is 224 g/mol. The van der Waals surface area contributed by atoms with E-state index in [9.17, 15) is 0 Å². The summed E-state index contributed by atoms with van der Waals surface area (Å²) < 4.78 is 5.30. The second-order valence-electron chi connectivity index (χ2n) is 4.29. The van der Waals surface area contributed by atoms with Gasteiger partial charge in [0.05, 0.1) is 6.61 Å². The van der Waals surface area contributed by atoms with Crippen molar-refractivity contribution in [3.05, 3.63) is 12.3 Å². The molecule has 16 heavy (non-hydrogen) atoms. The maximum atomic E-state index is 5.87. The summed E-state index contributed by atoms with van der Waals surface area (Å²) in [6, 6.07) is 1.72. The minimum atomic E-state index is -0.259. The van der Waals surface area contributed by atoms with Crippen LogP contribution >= 0.6 is 0 Å². The molecule has 0 saturated heterocycles. The molecule has 1 rings (SSSR count). The molecule has 0 aliphatic rings. The number of ether oxygens (including phenoxy) is 1. The molecule has 1 aromatic rings. The van der Waals surface area contributed by atoms with Gasteiger partial charge in [-0.2, -0.15) is 4.98 Å². The van der Waals surface area contributed by atoms with E-state index in [2.05, 4.69) is 15.3 Å². The summed E-state index contributed by atoms with van der Waals surface area (Å²) in [5, 5.41) is 3.19. The van der Waals surface area contributed by atoms with Crippen LogP contribution in [0, 0.1) is 0 Å². The molecule has 1 heterocycles. The largest absolute Gasteiger partial charge is 0.478 e. The lowest BCUT2D eigenvalue weighted by molar-refractivity contribution is 0.326. The normalized spacial score (nSPS) is 13.3. The minimum Gasteiger partial charge on any atom is -0.478 e. The molecule has 0 bridgehead atoms. The number of hydrogen-bond donors (Lipinski definition) is 2. The molecular formula is C11H20N4O. The van der Waals surface area contributed by atoms with Crippen molar-refractivity contribution in [1.29, 1.82) is 0 Å². The fourth-order valence-electron chi connectivity index (χ4n) is 1.03. The number of nitrogens with one attached hydrogen (secondary N) is 1. The highest BCUT2D eigenvalue weighted by Gasteiger charge is 2.23. The first kappa shape index (κ1) is 12.7. The maximum absolute atomic E-state index is 5.87. The molecule has 90 valence electrons. The van der Waals surface area contributed by atoms with Crippen LogP contribution < -0.4 is 15.8 Å². The van der Waals surface area contributed by atoms with Crippen molar-refractivity contribution < 1.29 is 4.74 Å². The van der Waals surface area contributed by atoms with E-state index < -0.39 is 0 Å². The van der Waals surface area contributed by atoms with Gasteiger partial charge in [0.2, 0.25) is 11.8 Å². The third kappa shape index (κ3) is 3.34. The van der Waals surface area contributed by atoms with Crippen LogP contribution in [0.15, 0.2) is 12.3 Å². The molecule has 0 radical (unpaired) electrons. The molecular weight excluding hydrogens is 204 g/mol. The zero-order chi connectivity index (χ0) is 12.2. The van der Waals surface area contributed by atoms with Gasteiger partial charge in [-0.05, 0) is 27.7 Å². The van der Waals surface area contributed by atoms with Gasteiger partial charge >= 0.3 is 0 Å². The molecule has 3 N–H and O–H groups in total. The van der Waals surface area contributed by atoms with Crippen molar-refractivity contribution in [2.45, 2.75) is 39.3 Å². The fraction of sp³-hybridized carbons (Fsp3) is 0.636. The summed E-state index contributed by atoms with van der Waals surface area (Å²) in [6.07, 6.45) is 1.66. The number of hydrogen-bond acceptors (Lipinski definition) is 5. The highest BCUT2D eigenvalue weighted by molar-refractivity contribution is 5.31. The molecule has 0 amide bonds. The highest BCUT2D eigenvalue weighted by atomic mass is 16.5. The molecule has 5 nitrogen and oxygen atoms in total. The number of nitrogens with zero attached hydrogens (tertiary/aromatic N) is 2. The smallest absolute Gasteiger partial charge is 0.226 e. The standard InChI is InChI=1S/C11H20N4O/c1-5-16-9-6-7-13-10(14-9)15-11(3,4)8(2)12/h6-8H,5,12H2,1-4H3,(H,13,14,15). The Hall–Kier alpha value is -1.36. The van der Waals surface area contributed by atoms with E-state index in [1.54, 1.807) is 12.3 Å². The van der Waals surface area contributed by atoms with Gasteiger partial charge in [-0.1, -0.05) is 0 Å². The Morgan fingerprint density at radius 3 is 2.81 bits per heavy atom. The Morgan fingerprint density at radius 2 is 2.25 bits per heavy atom. The lowest BCUT2D eigenvalue weighted by atomic mass is 9.97. The second-order valence-corrected chi connectivity index (χ2v) is 4.29. The molecule has 1 aromatic heterocycles. The van der Waals surface area contributed by atoms with E-state index in [4.69, 9.17) is 10.5 Å². The van der Waals surface area contributed by atoms with Crippen LogP contribution in [0.25, 0.3) is 0 Å². The first-order chi connectivity index (χ1) is 7.45. The first-order valence-electron chi connectivity index (χ1n) is 5.45. The van der Waals surface area contributed by atoms with Crippen LogP contribution in [-0.4, -0.2) is 28.2 Å². The Balaban J connectivity index is 2.77. The monoisotopic (exact) mass is 224 g/mol. The number of aromatic nitrogens is 2. The SMILES string of the molecule is CCOc1ccnc(NC(C)(C)C(C)N)n1. The zero-order valence-corrected chi connectivity index (χ0v) is 10.3. The Bertz CT molecular complexity index is 339. The predicted octanol–water partition coefficient (Wildman–Crippen LogP) is 1.41. The van der Waals surface area contributed by atoms with Gasteiger partial charge in [0.15, 0.2) is 0 Å². The van der Waals surface area contributed by atoms with Gasteiger partial charge in [0.1, 0.15) is 0 Å². The molecule has 1 unspecified atom stereocenters. The van der Waals surface area contributed by atoms with E-state index in [1.807, 2.05) is 27.7 Å². The van der Waals surface area contributed by atoms with E-state index in [-0.39, 0.29) is 11.6 Å². The van der Waals surface area contributed by atoms with Gasteiger partial charge < -0.3 is 15.8 Å². The Kier molecular flexibility index (Phi) is 4.06. The number of nitrogens with two attached hydrogens (primary N) is 1. The Morgan fingerprint density at radius 1 is 1.56 bits per heavy atom.